The fraction of sp³-hybridized carbons (Fsp3) is 0.308. The summed E-state index contributed by atoms with van der Waals surface area (Å²) in [5.41, 5.74) is 11.9. The van der Waals surface area contributed by atoms with E-state index in [0.717, 1.165) is 12.8 Å². The van der Waals surface area contributed by atoms with Crippen molar-refractivity contribution in [2.24, 2.45) is 11.5 Å². The summed E-state index contributed by atoms with van der Waals surface area (Å²) in [5.74, 6) is -0.344. The van der Waals surface area contributed by atoms with Crippen LogP contribution in [0.3, 0.4) is 0 Å². The number of nitrogens with zero attached hydrogens (tertiary/aromatic N) is 2. The first-order valence-corrected chi connectivity index (χ1v) is 7.20. The van der Waals surface area contributed by atoms with Crippen molar-refractivity contribution in [3.63, 3.8) is 0 Å². The third-order valence-electron chi connectivity index (χ3n) is 3.33. The number of carbonyl (C=O) groups excluding carboxylic acids is 1. The van der Waals surface area contributed by atoms with Crippen LogP contribution in [0.25, 0.3) is 5.57 Å². The molecule has 4 N–H and O–H groups in total. The highest BCUT2D eigenvalue weighted by molar-refractivity contribution is 9.10. The summed E-state index contributed by atoms with van der Waals surface area (Å²) in [6.07, 6.45) is 1.90. The molecule has 0 radical (unpaired) electrons. The molecule has 2 rings (SSSR count). The normalized spacial score (nSPS) is 14.0. The lowest BCUT2D eigenvalue weighted by molar-refractivity contribution is -0.384. The van der Waals surface area contributed by atoms with E-state index in [4.69, 9.17) is 11.5 Å². The Morgan fingerprint density at radius 2 is 1.90 bits per heavy atom. The Hall–Kier alpha value is -2.09. The first-order valence-electron chi connectivity index (χ1n) is 6.40. The van der Waals surface area contributed by atoms with Gasteiger partial charge in [0.25, 0.3) is 11.6 Å². The molecule has 1 aliphatic heterocycles. The van der Waals surface area contributed by atoms with Crippen molar-refractivity contribution < 1.29 is 9.72 Å². The van der Waals surface area contributed by atoms with Gasteiger partial charge in [-0.3, -0.25) is 14.9 Å². The van der Waals surface area contributed by atoms with Crippen molar-refractivity contribution in [1.82, 2.24) is 4.90 Å². The van der Waals surface area contributed by atoms with Gasteiger partial charge in [-0.15, -0.1) is 0 Å². The van der Waals surface area contributed by atoms with E-state index >= 15 is 0 Å². The topological polar surface area (TPSA) is 115 Å². The van der Waals surface area contributed by atoms with Gasteiger partial charge in [-0.2, -0.15) is 0 Å². The van der Waals surface area contributed by atoms with E-state index in [0.29, 0.717) is 23.1 Å². The zero-order chi connectivity index (χ0) is 15.6. The maximum Gasteiger partial charge on any atom is 0.270 e. The highest BCUT2D eigenvalue weighted by Crippen LogP contribution is 2.30. The summed E-state index contributed by atoms with van der Waals surface area (Å²) in [7, 11) is 0. The molecule has 8 heteroatoms. The number of rotatable bonds is 3. The summed E-state index contributed by atoms with van der Waals surface area (Å²) in [5, 5.41) is 10.8. The van der Waals surface area contributed by atoms with Gasteiger partial charge in [0.2, 0.25) is 0 Å². The van der Waals surface area contributed by atoms with Crippen LogP contribution in [0.2, 0.25) is 0 Å². The molecule has 1 amide bonds. The summed E-state index contributed by atoms with van der Waals surface area (Å²) >= 11 is 3.24. The molecule has 1 heterocycles. The Morgan fingerprint density at radius 3 is 2.38 bits per heavy atom. The fourth-order valence-corrected chi connectivity index (χ4v) is 2.86. The summed E-state index contributed by atoms with van der Waals surface area (Å²) in [6, 6.07) is 4.13. The van der Waals surface area contributed by atoms with E-state index in [9.17, 15) is 14.9 Å². The van der Waals surface area contributed by atoms with Crippen LogP contribution in [0.4, 0.5) is 5.69 Å². The van der Waals surface area contributed by atoms with E-state index in [2.05, 4.69) is 15.9 Å². The summed E-state index contributed by atoms with van der Waals surface area (Å²) < 4.78 is 0.410. The Kier molecular flexibility index (Phi) is 4.46. The number of hydrogen-bond donors (Lipinski definition) is 2. The number of nitro groups is 1. The predicted octanol–water partition coefficient (Wildman–Crippen LogP) is 1.57. The SMILES string of the molecule is NC(N)=C(C(=O)N1CCCC1)c1ccc([N+](=O)[O-])cc1Br. The molecule has 0 aromatic heterocycles. The van der Waals surface area contributed by atoms with Crippen LogP contribution in [0.1, 0.15) is 18.4 Å². The van der Waals surface area contributed by atoms with Crippen LogP contribution in [-0.4, -0.2) is 28.8 Å². The minimum Gasteiger partial charge on any atom is -0.385 e. The van der Waals surface area contributed by atoms with Crippen molar-refractivity contribution in [2.75, 3.05) is 13.1 Å². The summed E-state index contributed by atoms with van der Waals surface area (Å²) in [6.45, 7) is 1.33. The minimum absolute atomic E-state index is 0.0748. The molecule has 1 aromatic rings. The average Bonchev–Trinajstić information content (AvgIpc) is 2.94. The Labute approximate surface area is 129 Å². The van der Waals surface area contributed by atoms with Gasteiger partial charge in [0.15, 0.2) is 0 Å². The van der Waals surface area contributed by atoms with Crippen molar-refractivity contribution >= 4 is 33.1 Å². The number of hydrogen-bond acceptors (Lipinski definition) is 5. The third kappa shape index (κ3) is 3.15. The van der Waals surface area contributed by atoms with Crippen molar-refractivity contribution in [3.8, 4) is 0 Å². The molecular weight excluding hydrogens is 340 g/mol. The van der Waals surface area contributed by atoms with Gasteiger partial charge in [-0.05, 0) is 34.8 Å². The van der Waals surface area contributed by atoms with Gasteiger partial charge in [0.05, 0.1) is 10.5 Å². The maximum absolute atomic E-state index is 12.5. The lowest BCUT2D eigenvalue weighted by Gasteiger charge is -2.19. The van der Waals surface area contributed by atoms with Crippen LogP contribution < -0.4 is 11.5 Å². The molecule has 0 atom stereocenters. The summed E-state index contributed by atoms with van der Waals surface area (Å²) in [4.78, 5) is 24.4. The number of likely N-dealkylation sites (tertiary alicyclic amines) is 1. The Morgan fingerprint density at radius 1 is 1.29 bits per heavy atom. The van der Waals surface area contributed by atoms with Gasteiger partial charge in [-0.25, -0.2) is 0 Å². The smallest absolute Gasteiger partial charge is 0.270 e. The van der Waals surface area contributed by atoms with Crippen LogP contribution in [0.5, 0.6) is 0 Å². The van der Waals surface area contributed by atoms with Crippen LogP contribution in [-0.2, 0) is 4.79 Å². The number of benzene rings is 1. The molecule has 1 aliphatic rings. The molecule has 0 spiro atoms. The number of amides is 1. The largest absolute Gasteiger partial charge is 0.385 e. The Bertz CT molecular complexity index is 620. The van der Waals surface area contributed by atoms with Gasteiger partial charge < -0.3 is 16.4 Å². The molecule has 0 aliphatic carbocycles. The zero-order valence-corrected chi connectivity index (χ0v) is 12.8. The molecule has 7 nitrogen and oxygen atoms in total. The number of non-ortho nitro benzene ring substituents is 1. The second-order valence-corrected chi connectivity index (χ2v) is 5.61. The van der Waals surface area contributed by atoms with E-state index in [1.54, 1.807) is 4.90 Å². The lowest BCUT2D eigenvalue weighted by atomic mass is 10.0. The highest BCUT2D eigenvalue weighted by Gasteiger charge is 2.26. The molecule has 1 aromatic carbocycles. The molecule has 1 fully saturated rings. The highest BCUT2D eigenvalue weighted by atomic mass is 79.9. The standard InChI is InChI=1S/C13H15BrN4O3/c14-10-7-8(18(20)21)3-4-9(10)11(12(15)16)13(19)17-5-1-2-6-17/h3-4,7H,1-2,5-6,15-16H2. The molecule has 1 saturated heterocycles. The number of halogens is 1. The molecule has 112 valence electrons. The van der Waals surface area contributed by atoms with Gasteiger partial charge >= 0.3 is 0 Å². The number of nitro benzene ring substituents is 1. The minimum atomic E-state index is -0.508. The van der Waals surface area contributed by atoms with Crippen LogP contribution in [0, 0.1) is 10.1 Å². The quantitative estimate of drug-likeness (QED) is 0.485. The molecule has 0 bridgehead atoms. The van der Waals surface area contributed by atoms with Crippen LogP contribution in [0.15, 0.2) is 28.5 Å². The monoisotopic (exact) mass is 354 g/mol. The van der Waals surface area contributed by atoms with Gasteiger partial charge in [0, 0.05) is 35.3 Å². The van der Waals surface area contributed by atoms with Crippen molar-refractivity contribution in [3.05, 3.63) is 44.2 Å². The van der Waals surface area contributed by atoms with E-state index in [1.165, 1.54) is 18.2 Å². The molecular formula is C13H15BrN4O3. The van der Waals surface area contributed by atoms with Crippen molar-refractivity contribution in [2.45, 2.75) is 12.8 Å². The third-order valence-corrected chi connectivity index (χ3v) is 3.98. The first kappa shape index (κ1) is 15.3. The Balaban J connectivity index is 2.42. The van der Waals surface area contributed by atoms with Gasteiger partial charge in [0.1, 0.15) is 5.82 Å². The van der Waals surface area contributed by atoms with Gasteiger partial charge in [-0.1, -0.05) is 0 Å². The number of carbonyl (C=O) groups is 1. The number of nitrogens with two attached hydrogens (primary N) is 2. The van der Waals surface area contributed by atoms with E-state index in [1.807, 2.05) is 0 Å². The van der Waals surface area contributed by atoms with E-state index in [-0.39, 0.29) is 23.0 Å². The average molecular weight is 355 g/mol. The van der Waals surface area contributed by atoms with Crippen molar-refractivity contribution in [1.29, 1.82) is 0 Å². The van der Waals surface area contributed by atoms with E-state index < -0.39 is 4.92 Å². The molecule has 0 saturated carbocycles. The second-order valence-electron chi connectivity index (χ2n) is 4.75. The molecule has 21 heavy (non-hydrogen) atoms. The maximum atomic E-state index is 12.5. The second kappa shape index (κ2) is 6.13. The van der Waals surface area contributed by atoms with Crippen LogP contribution >= 0.6 is 15.9 Å². The first-order chi connectivity index (χ1) is 9.91. The predicted molar refractivity (Wildman–Crippen MR) is 81.9 cm³/mol. The lowest BCUT2D eigenvalue weighted by Crippen LogP contribution is -2.31. The molecule has 0 unspecified atom stereocenters. The fourth-order valence-electron chi connectivity index (χ4n) is 2.29. The zero-order valence-electron chi connectivity index (χ0n) is 11.2.